The molecule has 0 unspecified atom stereocenters. The number of fused-ring (bicyclic) bond motifs is 1. The third-order valence-corrected chi connectivity index (χ3v) is 3.89. The van der Waals surface area contributed by atoms with Crippen molar-refractivity contribution in [1.82, 2.24) is 10.9 Å². The Morgan fingerprint density at radius 3 is 2.30 bits per heavy atom. The minimum atomic E-state index is -0.994. The smallest absolute Gasteiger partial charge is 0.328 e. The molecule has 0 fully saturated rings. The predicted molar refractivity (Wildman–Crippen MR) is 101 cm³/mol. The SMILES string of the molecule is COc1ccccc1C(=O)NNC(=O)C(=O)Nc1cccc2ccccc12. The van der Waals surface area contributed by atoms with E-state index in [1.165, 1.54) is 13.2 Å². The molecule has 3 amide bonds. The summed E-state index contributed by atoms with van der Waals surface area (Å²) in [5, 5.41) is 4.28. The average Bonchev–Trinajstić information content (AvgIpc) is 2.71. The number of hydrogen-bond acceptors (Lipinski definition) is 4. The number of carbonyl (C=O) groups excluding carboxylic acids is 3. The maximum atomic E-state index is 12.1. The quantitative estimate of drug-likeness (QED) is 0.491. The van der Waals surface area contributed by atoms with E-state index in [0.29, 0.717) is 11.4 Å². The number of benzene rings is 3. The standard InChI is InChI=1S/C20H17N3O4/c1-27-17-12-5-4-10-15(17)18(24)22-23-20(26)19(25)21-16-11-6-8-13-7-2-3-9-14(13)16/h2-12H,1H3,(H,21,25)(H,22,24)(H,23,26). The lowest BCUT2D eigenvalue weighted by Crippen LogP contribution is -2.46. The van der Waals surface area contributed by atoms with E-state index in [4.69, 9.17) is 4.74 Å². The number of ether oxygens (including phenoxy) is 1. The van der Waals surface area contributed by atoms with Crippen LogP contribution >= 0.6 is 0 Å². The molecule has 0 bridgehead atoms. The molecule has 3 aromatic carbocycles. The van der Waals surface area contributed by atoms with Crippen LogP contribution in [0.1, 0.15) is 10.4 Å². The van der Waals surface area contributed by atoms with Gasteiger partial charge in [-0.15, -0.1) is 0 Å². The van der Waals surface area contributed by atoms with Gasteiger partial charge in [0.25, 0.3) is 5.91 Å². The molecule has 0 saturated heterocycles. The lowest BCUT2D eigenvalue weighted by molar-refractivity contribution is -0.136. The van der Waals surface area contributed by atoms with Crippen molar-refractivity contribution in [1.29, 1.82) is 0 Å². The summed E-state index contributed by atoms with van der Waals surface area (Å²) in [5.74, 6) is -2.14. The van der Waals surface area contributed by atoms with E-state index >= 15 is 0 Å². The second-order valence-electron chi connectivity index (χ2n) is 5.59. The second-order valence-corrected chi connectivity index (χ2v) is 5.59. The summed E-state index contributed by atoms with van der Waals surface area (Å²) < 4.78 is 5.09. The molecular weight excluding hydrogens is 346 g/mol. The largest absolute Gasteiger partial charge is 0.496 e. The Hall–Kier alpha value is -3.87. The van der Waals surface area contributed by atoms with Gasteiger partial charge in [-0.1, -0.05) is 48.5 Å². The Morgan fingerprint density at radius 1 is 0.778 bits per heavy atom. The number of carbonyl (C=O) groups is 3. The van der Waals surface area contributed by atoms with Crippen molar-refractivity contribution in [3.8, 4) is 5.75 Å². The van der Waals surface area contributed by atoms with E-state index in [0.717, 1.165) is 10.8 Å². The van der Waals surface area contributed by atoms with Gasteiger partial charge in [-0.2, -0.15) is 0 Å². The molecule has 0 saturated carbocycles. The van der Waals surface area contributed by atoms with Gasteiger partial charge in [-0.25, -0.2) is 0 Å². The number of para-hydroxylation sites is 1. The maximum Gasteiger partial charge on any atom is 0.328 e. The van der Waals surface area contributed by atoms with Gasteiger partial charge in [0, 0.05) is 11.1 Å². The first kappa shape index (κ1) is 17.9. The highest BCUT2D eigenvalue weighted by atomic mass is 16.5. The zero-order valence-corrected chi connectivity index (χ0v) is 14.5. The molecule has 3 rings (SSSR count). The van der Waals surface area contributed by atoms with Gasteiger partial charge in [0.05, 0.1) is 12.7 Å². The number of methoxy groups -OCH3 is 1. The van der Waals surface area contributed by atoms with Crippen molar-refractivity contribution in [2.24, 2.45) is 0 Å². The lowest BCUT2D eigenvalue weighted by atomic mass is 10.1. The Bertz CT molecular complexity index is 1010. The summed E-state index contributed by atoms with van der Waals surface area (Å²) in [4.78, 5) is 36.3. The van der Waals surface area contributed by atoms with Crippen LogP contribution in [0.4, 0.5) is 5.69 Å². The number of nitrogens with one attached hydrogen (secondary N) is 3. The molecule has 0 atom stereocenters. The van der Waals surface area contributed by atoms with Gasteiger partial charge >= 0.3 is 11.8 Å². The molecule has 3 N–H and O–H groups in total. The van der Waals surface area contributed by atoms with Crippen molar-refractivity contribution in [2.75, 3.05) is 12.4 Å². The van der Waals surface area contributed by atoms with Crippen molar-refractivity contribution >= 4 is 34.2 Å². The Labute approximate surface area is 155 Å². The summed E-state index contributed by atoms with van der Waals surface area (Å²) in [7, 11) is 1.43. The van der Waals surface area contributed by atoms with E-state index in [9.17, 15) is 14.4 Å². The molecule has 0 aromatic heterocycles. The minimum Gasteiger partial charge on any atom is -0.496 e. The van der Waals surface area contributed by atoms with E-state index in [2.05, 4.69) is 16.2 Å². The molecule has 0 spiro atoms. The first-order valence-corrected chi connectivity index (χ1v) is 8.12. The zero-order chi connectivity index (χ0) is 19.2. The van der Waals surface area contributed by atoms with Gasteiger partial charge < -0.3 is 10.1 Å². The van der Waals surface area contributed by atoms with E-state index in [1.807, 2.05) is 30.3 Å². The summed E-state index contributed by atoms with van der Waals surface area (Å²) >= 11 is 0. The van der Waals surface area contributed by atoms with Crippen LogP contribution < -0.4 is 20.9 Å². The molecule has 7 nitrogen and oxygen atoms in total. The van der Waals surface area contributed by atoms with Crippen LogP contribution in [0.15, 0.2) is 66.7 Å². The second kappa shape index (κ2) is 8.01. The average molecular weight is 363 g/mol. The topological polar surface area (TPSA) is 96.5 Å². The van der Waals surface area contributed by atoms with Gasteiger partial charge in [-0.3, -0.25) is 25.2 Å². The molecule has 0 aliphatic heterocycles. The number of hydrogen-bond donors (Lipinski definition) is 3. The number of anilines is 1. The molecule has 0 aliphatic carbocycles. The van der Waals surface area contributed by atoms with Crippen molar-refractivity contribution in [3.63, 3.8) is 0 Å². The molecule has 7 heteroatoms. The molecule has 27 heavy (non-hydrogen) atoms. The highest BCUT2D eigenvalue weighted by molar-refractivity contribution is 6.40. The highest BCUT2D eigenvalue weighted by Crippen LogP contribution is 2.22. The molecule has 136 valence electrons. The van der Waals surface area contributed by atoms with Crippen LogP contribution in [-0.2, 0) is 9.59 Å². The third kappa shape index (κ3) is 4.04. The van der Waals surface area contributed by atoms with Crippen molar-refractivity contribution in [2.45, 2.75) is 0 Å². The first-order chi connectivity index (χ1) is 13.1. The van der Waals surface area contributed by atoms with Crippen molar-refractivity contribution < 1.29 is 19.1 Å². The predicted octanol–water partition coefficient (Wildman–Crippen LogP) is 2.25. The Balaban J connectivity index is 1.64. The van der Waals surface area contributed by atoms with Crippen LogP contribution in [0.25, 0.3) is 10.8 Å². The molecule has 3 aromatic rings. The van der Waals surface area contributed by atoms with Crippen LogP contribution in [0, 0.1) is 0 Å². The van der Waals surface area contributed by atoms with Crippen molar-refractivity contribution in [3.05, 3.63) is 72.3 Å². The first-order valence-electron chi connectivity index (χ1n) is 8.12. The number of rotatable bonds is 3. The number of hydrazine groups is 1. The van der Waals surface area contributed by atoms with Gasteiger partial charge in [0.2, 0.25) is 0 Å². The van der Waals surface area contributed by atoms with E-state index in [1.54, 1.807) is 30.3 Å². The van der Waals surface area contributed by atoms with E-state index < -0.39 is 17.7 Å². The molecule has 0 aliphatic rings. The Kier molecular flexibility index (Phi) is 5.32. The minimum absolute atomic E-state index is 0.231. The number of amides is 3. The highest BCUT2D eigenvalue weighted by Gasteiger charge is 2.17. The lowest BCUT2D eigenvalue weighted by Gasteiger charge is -2.11. The van der Waals surface area contributed by atoms with Gasteiger partial charge in [0.15, 0.2) is 0 Å². The summed E-state index contributed by atoms with van der Waals surface area (Å²) in [6.07, 6.45) is 0. The van der Waals surface area contributed by atoms with Crippen LogP contribution in [0.2, 0.25) is 0 Å². The third-order valence-electron chi connectivity index (χ3n) is 3.89. The van der Waals surface area contributed by atoms with Gasteiger partial charge in [-0.05, 0) is 23.6 Å². The molecular formula is C20H17N3O4. The maximum absolute atomic E-state index is 12.1. The normalized spacial score (nSPS) is 10.1. The van der Waals surface area contributed by atoms with Gasteiger partial charge in [0.1, 0.15) is 5.75 Å². The summed E-state index contributed by atoms with van der Waals surface area (Å²) in [6.45, 7) is 0. The fourth-order valence-electron chi connectivity index (χ4n) is 2.58. The van der Waals surface area contributed by atoms with Crippen LogP contribution in [0.5, 0.6) is 5.75 Å². The Morgan fingerprint density at radius 2 is 1.48 bits per heavy atom. The molecule has 0 heterocycles. The fourth-order valence-corrected chi connectivity index (χ4v) is 2.58. The fraction of sp³-hybridized carbons (Fsp3) is 0.0500. The van der Waals surface area contributed by atoms with Crippen LogP contribution in [-0.4, -0.2) is 24.8 Å². The van der Waals surface area contributed by atoms with Crippen LogP contribution in [0.3, 0.4) is 0 Å². The summed E-state index contributed by atoms with van der Waals surface area (Å²) in [6, 6.07) is 19.4. The van der Waals surface area contributed by atoms with E-state index in [-0.39, 0.29) is 5.56 Å². The zero-order valence-electron chi connectivity index (χ0n) is 14.5. The summed E-state index contributed by atoms with van der Waals surface area (Å²) in [5.41, 5.74) is 5.03. The monoisotopic (exact) mass is 363 g/mol. The molecule has 0 radical (unpaired) electrons.